The molecule has 4 heteroatoms. The first kappa shape index (κ1) is 19.4. The maximum atomic E-state index is 13.0. The number of likely N-dealkylation sites (N-methyl/N-ethyl adjacent to an activating group) is 1. The molecule has 2 aromatic carbocycles. The maximum Gasteiger partial charge on any atom is 0.194 e. The van der Waals surface area contributed by atoms with Gasteiger partial charge in [0.05, 0.1) is 7.11 Å². The lowest BCUT2D eigenvalue weighted by Crippen LogP contribution is -2.28. The first-order valence-corrected chi connectivity index (χ1v) is 9.88. The van der Waals surface area contributed by atoms with E-state index in [1.807, 2.05) is 24.3 Å². The molecule has 0 unspecified atom stereocenters. The van der Waals surface area contributed by atoms with Crippen molar-refractivity contribution in [2.75, 3.05) is 33.4 Å². The van der Waals surface area contributed by atoms with Crippen LogP contribution >= 0.6 is 0 Å². The molecule has 0 N–H and O–H groups in total. The van der Waals surface area contributed by atoms with Crippen molar-refractivity contribution >= 4 is 5.78 Å². The van der Waals surface area contributed by atoms with Crippen molar-refractivity contribution in [3.8, 4) is 22.6 Å². The highest BCUT2D eigenvalue weighted by Gasteiger charge is 2.32. The predicted octanol–water partition coefficient (Wildman–Crippen LogP) is 4.58. The van der Waals surface area contributed by atoms with Crippen LogP contribution in [0.3, 0.4) is 0 Å². The first-order valence-electron chi connectivity index (χ1n) is 9.88. The van der Waals surface area contributed by atoms with E-state index < -0.39 is 0 Å². The molecule has 0 fully saturated rings. The Balaban J connectivity index is 1.98. The molecule has 1 aliphatic rings. The second-order valence-corrected chi connectivity index (χ2v) is 6.85. The third-order valence-electron chi connectivity index (χ3n) is 5.25. The van der Waals surface area contributed by atoms with Gasteiger partial charge in [-0.25, -0.2) is 0 Å². The molecule has 0 heterocycles. The van der Waals surface area contributed by atoms with Gasteiger partial charge in [0.2, 0.25) is 0 Å². The normalized spacial score (nSPS) is 12.3. The van der Waals surface area contributed by atoms with E-state index in [1.54, 1.807) is 7.11 Å². The summed E-state index contributed by atoms with van der Waals surface area (Å²) in [7, 11) is 1.66. The van der Waals surface area contributed by atoms with Gasteiger partial charge >= 0.3 is 0 Å². The van der Waals surface area contributed by atoms with Crippen LogP contribution in [0.4, 0.5) is 0 Å². The molecule has 0 atom stereocenters. The molecule has 0 radical (unpaired) electrons. The van der Waals surface area contributed by atoms with E-state index in [4.69, 9.17) is 9.47 Å². The number of carbonyl (C=O) groups is 1. The quantitative estimate of drug-likeness (QED) is 0.555. The van der Waals surface area contributed by atoms with Crippen molar-refractivity contribution in [2.24, 2.45) is 0 Å². The Kier molecular flexibility index (Phi) is 6.17. The lowest BCUT2D eigenvalue weighted by Gasteiger charge is -2.19. The fraction of sp³-hybridized carbons (Fsp3) is 0.435. The number of benzene rings is 2. The number of fused-ring (bicyclic) bond motifs is 3. The zero-order valence-electron chi connectivity index (χ0n) is 16.8. The van der Waals surface area contributed by atoms with Gasteiger partial charge in [-0.3, -0.25) is 4.79 Å². The summed E-state index contributed by atoms with van der Waals surface area (Å²) in [5.74, 6) is 1.57. The number of ether oxygens (including phenoxy) is 2. The van der Waals surface area contributed by atoms with Crippen molar-refractivity contribution in [1.82, 2.24) is 4.90 Å². The van der Waals surface area contributed by atoms with Crippen LogP contribution in [0.25, 0.3) is 11.1 Å². The fourth-order valence-corrected chi connectivity index (χ4v) is 3.77. The van der Waals surface area contributed by atoms with Crippen LogP contribution in [-0.4, -0.2) is 44.0 Å². The summed E-state index contributed by atoms with van der Waals surface area (Å²) >= 11 is 0. The van der Waals surface area contributed by atoms with Crippen molar-refractivity contribution in [3.05, 3.63) is 47.0 Å². The van der Waals surface area contributed by atoms with Crippen molar-refractivity contribution in [1.29, 1.82) is 0 Å². The number of aryl methyl sites for hydroxylation is 1. The molecular weight excluding hydrogens is 338 g/mol. The molecule has 0 bridgehead atoms. The molecule has 1 aliphatic carbocycles. The van der Waals surface area contributed by atoms with Crippen molar-refractivity contribution in [2.45, 2.75) is 33.6 Å². The molecule has 0 aromatic heterocycles. The number of hydrogen-bond donors (Lipinski definition) is 0. The van der Waals surface area contributed by atoms with Gasteiger partial charge < -0.3 is 14.4 Å². The van der Waals surface area contributed by atoms with E-state index >= 15 is 0 Å². The molecular formula is C23H29NO3. The summed E-state index contributed by atoms with van der Waals surface area (Å²) < 4.78 is 11.8. The van der Waals surface area contributed by atoms with E-state index in [2.05, 4.69) is 31.7 Å². The first-order chi connectivity index (χ1) is 13.1. The van der Waals surface area contributed by atoms with Crippen LogP contribution in [0, 0.1) is 0 Å². The van der Waals surface area contributed by atoms with E-state index in [0.29, 0.717) is 12.2 Å². The van der Waals surface area contributed by atoms with E-state index in [1.165, 1.54) is 0 Å². The summed E-state index contributed by atoms with van der Waals surface area (Å²) in [5, 5.41) is 0. The Labute approximate surface area is 162 Å². The Morgan fingerprint density at radius 1 is 0.963 bits per heavy atom. The van der Waals surface area contributed by atoms with Crippen LogP contribution in [0.1, 0.15) is 48.7 Å². The summed E-state index contributed by atoms with van der Waals surface area (Å²) in [4.78, 5) is 15.3. The van der Waals surface area contributed by atoms with E-state index in [-0.39, 0.29) is 5.78 Å². The smallest absolute Gasteiger partial charge is 0.194 e. The highest BCUT2D eigenvalue weighted by atomic mass is 16.5. The second kappa shape index (κ2) is 8.57. The summed E-state index contributed by atoms with van der Waals surface area (Å²) in [6.07, 6.45) is 1.96. The van der Waals surface area contributed by atoms with Crippen LogP contribution < -0.4 is 9.47 Å². The summed E-state index contributed by atoms with van der Waals surface area (Å²) in [6.45, 7) is 9.90. The fourth-order valence-electron chi connectivity index (χ4n) is 3.77. The number of hydrogen-bond acceptors (Lipinski definition) is 4. The number of ketones is 1. The monoisotopic (exact) mass is 367 g/mol. The van der Waals surface area contributed by atoms with Gasteiger partial charge in [-0.1, -0.05) is 39.3 Å². The minimum atomic E-state index is 0.0606. The molecule has 0 saturated heterocycles. The van der Waals surface area contributed by atoms with Gasteiger partial charge in [0, 0.05) is 28.8 Å². The van der Waals surface area contributed by atoms with E-state index in [9.17, 15) is 4.79 Å². The topological polar surface area (TPSA) is 38.8 Å². The predicted molar refractivity (Wildman–Crippen MR) is 109 cm³/mol. The summed E-state index contributed by atoms with van der Waals surface area (Å²) in [6, 6.07) is 9.80. The summed E-state index contributed by atoms with van der Waals surface area (Å²) in [5.41, 5.74) is 4.32. The molecule has 144 valence electrons. The zero-order valence-corrected chi connectivity index (χ0v) is 16.8. The SMILES string of the molecule is CCCc1cc(OC)c2c(c1)C(=O)c1cccc(OCCN(CC)CC)c1-2. The zero-order chi connectivity index (χ0) is 19.4. The number of carbonyl (C=O) groups excluding carboxylic acids is 1. The number of nitrogens with zero attached hydrogens (tertiary/aromatic N) is 1. The van der Waals surface area contributed by atoms with Gasteiger partial charge in [0.1, 0.15) is 18.1 Å². The highest BCUT2D eigenvalue weighted by molar-refractivity contribution is 6.23. The molecule has 0 saturated carbocycles. The van der Waals surface area contributed by atoms with Gasteiger partial charge in [-0.15, -0.1) is 0 Å². The van der Waals surface area contributed by atoms with Crippen LogP contribution in [0.15, 0.2) is 30.3 Å². The van der Waals surface area contributed by atoms with Gasteiger partial charge in [-0.05, 0) is 43.3 Å². The van der Waals surface area contributed by atoms with Gasteiger partial charge in [-0.2, -0.15) is 0 Å². The lowest BCUT2D eigenvalue weighted by atomic mass is 9.99. The molecule has 0 aliphatic heterocycles. The highest BCUT2D eigenvalue weighted by Crippen LogP contribution is 2.47. The third-order valence-corrected chi connectivity index (χ3v) is 5.25. The maximum absolute atomic E-state index is 13.0. The Bertz CT molecular complexity index is 825. The van der Waals surface area contributed by atoms with Crippen LogP contribution in [0.2, 0.25) is 0 Å². The van der Waals surface area contributed by atoms with Crippen LogP contribution in [0.5, 0.6) is 11.5 Å². The molecule has 3 rings (SSSR count). The molecule has 27 heavy (non-hydrogen) atoms. The third kappa shape index (κ3) is 3.72. The minimum absolute atomic E-state index is 0.0606. The Hall–Kier alpha value is -2.33. The molecule has 0 spiro atoms. The molecule has 2 aromatic rings. The second-order valence-electron chi connectivity index (χ2n) is 6.85. The van der Waals surface area contributed by atoms with E-state index in [0.717, 1.165) is 66.2 Å². The van der Waals surface area contributed by atoms with Crippen molar-refractivity contribution in [3.63, 3.8) is 0 Å². The molecule has 0 amide bonds. The standard InChI is InChI=1S/C23H29NO3/c1-5-9-16-14-18-22(20(15-16)26-4)21-17(23(18)25)10-8-11-19(21)27-13-12-24(6-2)7-3/h8,10-11,14-15H,5-7,9,12-13H2,1-4H3. The van der Waals surface area contributed by atoms with Crippen LogP contribution in [-0.2, 0) is 6.42 Å². The largest absolute Gasteiger partial charge is 0.496 e. The Morgan fingerprint density at radius 2 is 1.70 bits per heavy atom. The minimum Gasteiger partial charge on any atom is -0.496 e. The number of rotatable bonds is 9. The average molecular weight is 367 g/mol. The average Bonchev–Trinajstić information content (AvgIpc) is 2.98. The van der Waals surface area contributed by atoms with Gasteiger partial charge in [0.25, 0.3) is 0 Å². The van der Waals surface area contributed by atoms with Crippen molar-refractivity contribution < 1.29 is 14.3 Å². The Morgan fingerprint density at radius 3 is 2.37 bits per heavy atom. The van der Waals surface area contributed by atoms with Gasteiger partial charge in [0.15, 0.2) is 5.78 Å². The number of methoxy groups -OCH3 is 1. The molecule has 4 nitrogen and oxygen atoms in total. The lowest BCUT2D eigenvalue weighted by molar-refractivity contribution is 0.104.